The Balaban J connectivity index is 2.10. The first-order valence-electron chi connectivity index (χ1n) is 5.73. The van der Waals surface area contributed by atoms with Crippen molar-refractivity contribution in [2.45, 2.75) is 58.8 Å². The van der Waals surface area contributed by atoms with Crippen molar-refractivity contribution in [1.82, 2.24) is 4.97 Å². The SMILES string of the molecule is CC1=CC(C)N(B2OC(C)(C)C(C)(C)O2)O1. The zero-order valence-corrected chi connectivity index (χ0v) is 10.9. The largest absolute Gasteiger partial charge is 0.594 e. The highest BCUT2D eigenvalue weighted by Crippen LogP contribution is 2.39. The smallest absolute Gasteiger partial charge is 0.417 e. The lowest BCUT2D eigenvalue weighted by atomic mass is 9.90. The number of allylic oxidation sites excluding steroid dienone is 1. The highest BCUT2D eigenvalue weighted by atomic mass is 16.8. The second kappa shape index (κ2) is 3.49. The van der Waals surface area contributed by atoms with Gasteiger partial charge >= 0.3 is 7.25 Å². The fraction of sp³-hybridized carbons (Fsp3) is 0.818. The van der Waals surface area contributed by atoms with E-state index in [1.165, 1.54) is 0 Å². The molecule has 2 heterocycles. The van der Waals surface area contributed by atoms with Crippen LogP contribution in [0.25, 0.3) is 0 Å². The Morgan fingerprint density at radius 3 is 2.06 bits per heavy atom. The molecule has 1 saturated heterocycles. The van der Waals surface area contributed by atoms with Gasteiger partial charge in [0.15, 0.2) is 0 Å². The Bertz CT molecular complexity index is 311. The number of hydroxylamine groups is 1. The maximum atomic E-state index is 5.91. The van der Waals surface area contributed by atoms with Crippen LogP contribution >= 0.6 is 0 Å². The predicted molar refractivity (Wildman–Crippen MR) is 62.2 cm³/mol. The summed E-state index contributed by atoms with van der Waals surface area (Å²) in [6.07, 6.45) is 2.05. The third-order valence-corrected chi connectivity index (χ3v) is 3.58. The average molecular weight is 225 g/mol. The van der Waals surface area contributed by atoms with Crippen LogP contribution in [0, 0.1) is 0 Å². The van der Waals surface area contributed by atoms with Crippen LogP contribution in [0.15, 0.2) is 11.8 Å². The van der Waals surface area contributed by atoms with Crippen LogP contribution in [0.4, 0.5) is 0 Å². The van der Waals surface area contributed by atoms with Gasteiger partial charge in [-0.25, -0.2) is 0 Å². The molecule has 0 radical (unpaired) electrons. The maximum absolute atomic E-state index is 5.91. The van der Waals surface area contributed by atoms with Gasteiger partial charge in [0.1, 0.15) is 5.76 Å². The van der Waals surface area contributed by atoms with Gasteiger partial charge in [0.25, 0.3) is 0 Å². The molecule has 1 atom stereocenters. The standard InChI is InChI=1S/C11H20BNO3/c1-8-7-9(2)14-13(8)12-15-10(3,4)11(5,6)16-12/h7-8H,1-6H3. The Morgan fingerprint density at radius 2 is 1.69 bits per heavy atom. The average Bonchev–Trinajstić information content (AvgIpc) is 2.51. The lowest BCUT2D eigenvalue weighted by Crippen LogP contribution is -2.43. The van der Waals surface area contributed by atoms with Crippen molar-refractivity contribution in [3.8, 4) is 0 Å². The summed E-state index contributed by atoms with van der Waals surface area (Å²) < 4.78 is 11.8. The van der Waals surface area contributed by atoms with Crippen LogP contribution in [0.2, 0.25) is 0 Å². The van der Waals surface area contributed by atoms with Crippen molar-refractivity contribution in [2.75, 3.05) is 0 Å². The Morgan fingerprint density at radius 1 is 1.19 bits per heavy atom. The zero-order valence-electron chi connectivity index (χ0n) is 10.9. The van der Waals surface area contributed by atoms with Crippen LogP contribution in [0.5, 0.6) is 0 Å². The van der Waals surface area contributed by atoms with Crippen molar-refractivity contribution >= 4 is 7.25 Å². The van der Waals surface area contributed by atoms with Gasteiger partial charge in [-0.3, -0.25) is 0 Å². The van der Waals surface area contributed by atoms with Gasteiger partial charge < -0.3 is 14.1 Å². The van der Waals surface area contributed by atoms with Crippen LogP contribution in [0.3, 0.4) is 0 Å². The minimum atomic E-state index is -0.436. The summed E-state index contributed by atoms with van der Waals surface area (Å²) in [7, 11) is -0.436. The number of nitrogens with zero attached hydrogens (tertiary/aromatic N) is 1. The summed E-state index contributed by atoms with van der Waals surface area (Å²) in [4.78, 5) is 7.34. The molecule has 0 aromatic carbocycles. The topological polar surface area (TPSA) is 30.9 Å². The van der Waals surface area contributed by atoms with Crippen molar-refractivity contribution in [3.05, 3.63) is 11.8 Å². The van der Waals surface area contributed by atoms with Crippen molar-refractivity contribution in [2.24, 2.45) is 0 Å². The van der Waals surface area contributed by atoms with E-state index in [1.807, 2.05) is 40.7 Å². The first-order valence-corrected chi connectivity index (χ1v) is 5.73. The minimum Gasteiger partial charge on any atom is -0.417 e. The van der Waals surface area contributed by atoms with Gasteiger partial charge in [-0.05, 0) is 47.6 Å². The zero-order chi connectivity index (χ0) is 12.1. The Kier molecular flexibility index (Phi) is 2.61. The van der Waals surface area contributed by atoms with E-state index in [0.717, 1.165) is 5.76 Å². The Hall–Kier alpha value is -0.515. The summed E-state index contributed by atoms with van der Waals surface area (Å²) >= 11 is 0. The molecule has 0 bridgehead atoms. The summed E-state index contributed by atoms with van der Waals surface area (Å²) in [6.45, 7) is 12.1. The highest BCUT2D eigenvalue weighted by Gasteiger charge is 2.56. The van der Waals surface area contributed by atoms with Gasteiger partial charge in [0, 0.05) is 0 Å². The van der Waals surface area contributed by atoms with Gasteiger partial charge in [0.2, 0.25) is 0 Å². The predicted octanol–water partition coefficient (Wildman–Crippen LogP) is 2.11. The molecule has 0 aromatic heterocycles. The molecule has 0 N–H and O–H groups in total. The molecule has 16 heavy (non-hydrogen) atoms. The lowest BCUT2D eigenvalue weighted by molar-refractivity contribution is -0.0677. The quantitative estimate of drug-likeness (QED) is 0.639. The van der Waals surface area contributed by atoms with Crippen molar-refractivity contribution in [3.63, 3.8) is 0 Å². The van der Waals surface area contributed by atoms with E-state index >= 15 is 0 Å². The van der Waals surface area contributed by atoms with Crippen molar-refractivity contribution < 1.29 is 14.1 Å². The third kappa shape index (κ3) is 1.77. The normalized spacial score (nSPS) is 32.8. The summed E-state index contributed by atoms with van der Waals surface area (Å²) in [6, 6.07) is 0.176. The fourth-order valence-corrected chi connectivity index (χ4v) is 1.84. The van der Waals surface area contributed by atoms with Crippen LogP contribution < -0.4 is 0 Å². The molecule has 0 amide bonds. The molecule has 90 valence electrons. The molecule has 1 unspecified atom stereocenters. The van der Waals surface area contributed by atoms with Crippen molar-refractivity contribution in [1.29, 1.82) is 0 Å². The van der Waals surface area contributed by atoms with E-state index in [4.69, 9.17) is 14.1 Å². The maximum Gasteiger partial charge on any atom is 0.594 e. The van der Waals surface area contributed by atoms with E-state index < -0.39 is 7.25 Å². The van der Waals surface area contributed by atoms with Gasteiger partial charge in [-0.1, -0.05) is 0 Å². The summed E-state index contributed by atoms with van der Waals surface area (Å²) in [5, 5.41) is 0. The van der Waals surface area contributed by atoms with E-state index in [0.29, 0.717) is 0 Å². The van der Waals surface area contributed by atoms with Gasteiger partial charge in [0.05, 0.1) is 17.2 Å². The molecule has 5 heteroatoms. The summed E-state index contributed by atoms with van der Waals surface area (Å²) in [5.41, 5.74) is -0.644. The molecule has 0 aromatic rings. The molecule has 2 aliphatic heterocycles. The van der Waals surface area contributed by atoms with Gasteiger partial charge in [-0.2, -0.15) is 0 Å². The lowest BCUT2D eigenvalue weighted by Gasteiger charge is -2.32. The first-order chi connectivity index (χ1) is 7.23. The molecule has 0 spiro atoms. The monoisotopic (exact) mass is 225 g/mol. The van der Waals surface area contributed by atoms with E-state index in [2.05, 4.69) is 6.92 Å². The van der Waals surface area contributed by atoms with Crippen LogP contribution in [-0.4, -0.2) is 29.5 Å². The third-order valence-electron chi connectivity index (χ3n) is 3.58. The highest BCUT2D eigenvalue weighted by molar-refractivity contribution is 6.41. The number of hydrogen-bond donors (Lipinski definition) is 0. The fourth-order valence-electron chi connectivity index (χ4n) is 1.84. The molecule has 0 saturated carbocycles. The number of hydrogen-bond acceptors (Lipinski definition) is 4. The number of rotatable bonds is 1. The minimum absolute atomic E-state index is 0.176. The van der Waals surface area contributed by atoms with Crippen LogP contribution in [-0.2, 0) is 14.1 Å². The summed E-state index contributed by atoms with van der Waals surface area (Å²) in [5.74, 6) is 0.891. The molecular weight excluding hydrogens is 205 g/mol. The molecule has 0 aliphatic carbocycles. The molecule has 1 fully saturated rings. The Labute approximate surface area is 97.7 Å². The van der Waals surface area contributed by atoms with Gasteiger partial charge in [-0.15, -0.1) is 4.97 Å². The second-order valence-electron chi connectivity index (χ2n) is 5.53. The first kappa shape index (κ1) is 12.0. The van der Waals surface area contributed by atoms with E-state index in [-0.39, 0.29) is 17.2 Å². The molecule has 2 aliphatic rings. The molecule has 2 rings (SSSR count). The van der Waals surface area contributed by atoms with Crippen LogP contribution in [0.1, 0.15) is 41.5 Å². The molecule has 4 nitrogen and oxygen atoms in total. The van der Waals surface area contributed by atoms with E-state index in [9.17, 15) is 0 Å². The van der Waals surface area contributed by atoms with E-state index in [1.54, 1.807) is 4.97 Å². The second-order valence-corrected chi connectivity index (χ2v) is 5.53. The molecular formula is C11H20BNO3.